The van der Waals surface area contributed by atoms with Gasteiger partial charge in [-0.25, -0.2) is 4.79 Å². The zero-order valence-corrected chi connectivity index (χ0v) is 20.2. The Bertz CT molecular complexity index is 1140. The number of hydrogen-bond acceptors (Lipinski definition) is 7. The Balaban J connectivity index is 1.79. The zero-order valence-electron chi connectivity index (χ0n) is 20.2. The molecule has 2 aromatic heterocycles. The van der Waals surface area contributed by atoms with E-state index in [2.05, 4.69) is 20.8 Å². The second-order valence-corrected chi connectivity index (χ2v) is 9.53. The van der Waals surface area contributed by atoms with E-state index in [0.717, 1.165) is 5.56 Å². The van der Waals surface area contributed by atoms with Gasteiger partial charge in [0.05, 0.1) is 13.2 Å². The number of pyridine rings is 1. The van der Waals surface area contributed by atoms with Crippen molar-refractivity contribution in [1.82, 2.24) is 25.2 Å². The van der Waals surface area contributed by atoms with Crippen LogP contribution in [0, 0.1) is 0 Å². The molecule has 0 spiro atoms. The molecular weight excluding hydrogens is 436 g/mol. The van der Waals surface area contributed by atoms with Gasteiger partial charge in [-0.1, -0.05) is 30.3 Å². The van der Waals surface area contributed by atoms with Crippen LogP contribution < -0.4 is 16.4 Å². The van der Waals surface area contributed by atoms with Gasteiger partial charge in [0.25, 0.3) is 0 Å². The first-order valence-corrected chi connectivity index (χ1v) is 11.0. The molecule has 0 bridgehead atoms. The quantitative estimate of drug-likeness (QED) is 0.463. The monoisotopic (exact) mass is 468 g/mol. The standard InChI is InChI=1S/C24H32N6O4/c1-23(2,3)34-22(32)27-24(4,5)21(31)26-18(15-33-14-16-9-7-6-8-10-16)20-29-28-19-12-11-17(25)13-30(19)20/h6-13,18H,14-15,25H2,1-5H3,(H,26,31)(H,27,32)/t18-/m1/s1. The minimum absolute atomic E-state index is 0.124. The van der Waals surface area contributed by atoms with Gasteiger partial charge >= 0.3 is 6.09 Å². The number of carbonyl (C=O) groups is 2. The lowest BCUT2D eigenvalue weighted by molar-refractivity contribution is -0.127. The summed E-state index contributed by atoms with van der Waals surface area (Å²) in [5.74, 6) is 0.0177. The average Bonchev–Trinajstić information content (AvgIpc) is 3.14. The smallest absolute Gasteiger partial charge is 0.408 e. The van der Waals surface area contributed by atoms with Gasteiger partial charge in [-0.3, -0.25) is 9.20 Å². The summed E-state index contributed by atoms with van der Waals surface area (Å²) >= 11 is 0. The number of carbonyl (C=O) groups excluding carboxylic acids is 2. The molecule has 1 atom stereocenters. The third-order valence-corrected chi connectivity index (χ3v) is 4.85. The van der Waals surface area contributed by atoms with Crippen LogP contribution in [0.1, 0.15) is 52.0 Å². The number of anilines is 1. The molecule has 3 rings (SSSR count). The second kappa shape index (κ2) is 10.1. The lowest BCUT2D eigenvalue weighted by atomic mass is 10.0. The number of fused-ring (bicyclic) bond motifs is 1. The number of nitrogens with two attached hydrogens (primary N) is 1. The summed E-state index contributed by atoms with van der Waals surface area (Å²) in [5, 5.41) is 14.0. The fraction of sp³-hybridized carbons (Fsp3) is 0.417. The fourth-order valence-electron chi connectivity index (χ4n) is 3.17. The number of ether oxygens (including phenoxy) is 2. The van der Waals surface area contributed by atoms with Gasteiger partial charge in [0, 0.05) is 11.9 Å². The van der Waals surface area contributed by atoms with E-state index in [1.54, 1.807) is 57.3 Å². The van der Waals surface area contributed by atoms with Crippen LogP contribution in [0.15, 0.2) is 48.7 Å². The molecule has 0 radical (unpaired) electrons. The Kier molecular flexibility index (Phi) is 7.41. The van der Waals surface area contributed by atoms with E-state index in [1.165, 1.54) is 0 Å². The van der Waals surface area contributed by atoms with Crippen LogP contribution in [0.3, 0.4) is 0 Å². The molecule has 0 aliphatic rings. The van der Waals surface area contributed by atoms with Gasteiger partial charge in [-0.15, -0.1) is 10.2 Å². The molecule has 0 aliphatic heterocycles. The molecule has 0 aliphatic carbocycles. The Morgan fingerprint density at radius 3 is 2.44 bits per heavy atom. The Hall–Kier alpha value is -3.66. The van der Waals surface area contributed by atoms with Gasteiger partial charge in [0.15, 0.2) is 11.5 Å². The number of benzene rings is 1. The van der Waals surface area contributed by atoms with Gasteiger partial charge in [0.1, 0.15) is 17.2 Å². The van der Waals surface area contributed by atoms with Crippen molar-refractivity contribution < 1.29 is 19.1 Å². The third-order valence-electron chi connectivity index (χ3n) is 4.85. The van der Waals surface area contributed by atoms with Crippen LogP contribution in [0.25, 0.3) is 5.65 Å². The molecule has 10 nitrogen and oxygen atoms in total. The second-order valence-electron chi connectivity index (χ2n) is 9.53. The van der Waals surface area contributed by atoms with E-state index in [-0.39, 0.29) is 6.61 Å². The predicted molar refractivity (Wildman–Crippen MR) is 128 cm³/mol. The van der Waals surface area contributed by atoms with Crippen LogP contribution in [0.4, 0.5) is 10.5 Å². The SMILES string of the molecule is CC(C)(C)OC(=O)NC(C)(C)C(=O)N[C@H](COCc1ccccc1)c1nnc2ccc(N)cn12. The number of amides is 2. The summed E-state index contributed by atoms with van der Waals surface area (Å²) in [7, 11) is 0. The number of aromatic nitrogens is 3. The highest BCUT2D eigenvalue weighted by Crippen LogP contribution is 2.18. The summed E-state index contributed by atoms with van der Waals surface area (Å²) in [6.45, 7) is 8.91. The van der Waals surface area contributed by atoms with Crippen molar-refractivity contribution in [2.75, 3.05) is 12.3 Å². The van der Waals surface area contributed by atoms with E-state index >= 15 is 0 Å². The van der Waals surface area contributed by atoms with Crippen LogP contribution in [-0.2, 0) is 20.9 Å². The van der Waals surface area contributed by atoms with Gasteiger partial charge in [-0.05, 0) is 52.3 Å². The van der Waals surface area contributed by atoms with Crippen molar-refractivity contribution in [3.8, 4) is 0 Å². The maximum Gasteiger partial charge on any atom is 0.408 e. The maximum absolute atomic E-state index is 13.2. The van der Waals surface area contributed by atoms with Crippen molar-refractivity contribution in [3.63, 3.8) is 0 Å². The Morgan fingerprint density at radius 1 is 1.06 bits per heavy atom. The Morgan fingerprint density at radius 2 is 1.76 bits per heavy atom. The Labute approximate surface area is 198 Å². The summed E-state index contributed by atoms with van der Waals surface area (Å²) in [6.07, 6.45) is 0.996. The summed E-state index contributed by atoms with van der Waals surface area (Å²) in [4.78, 5) is 25.4. The van der Waals surface area contributed by atoms with Gasteiger partial charge in [0.2, 0.25) is 5.91 Å². The minimum atomic E-state index is -1.26. The highest BCUT2D eigenvalue weighted by Gasteiger charge is 2.34. The van der Waals surface area contributed by atoms with Gasteiger partial charge in [-0.2, -0.15) is 0 Å². The molecular formula is C24H32N6O4. The molecule has 0 saturated heterocycles. The van der Waals surface area contributed by atoms with Crippen LogP contribution in [0.2, 0.25) is 0 Å². The highest BCUT2D eigenvalue weighted by atomic mass is 16.6. The van der Waals surface area contributed by atoms with E-state index in [9.17, 15) is 9.59 Å². The van der Waals surface area contributed by atoms with E-state index < -0.39 is 29.2 Å². The first kappa shape index (κ1) is 25.0. The number of nitrogens with one attached hydrogen (secondary N) is 2. The normalized spacial score (nSPS) is 12.9. The maximum atomic E-state index is 13.2. The van der Waals surface area contributed by atoms with Crippen molar-refractivity contribution in [1.29, 1.82) is 0 Å². The van der Waals surface area contributed by atoms with E-state index in [4.69, 9.17) is 15.2 Å². The van der Waals surface area contributed by atoms with Crippen molar-refractivity contribution in [2.24, 2.45) is 0 Å². The molecule has 2 heterocycles. The van der Waals surface area contributed by atoms with Gasteiger partial charge < -0.3 is 25.8 Å². The number of nitrogen functional groups attached to an aromatic ring is 1. The third kappa shape index (κ3) is 6.67. The van der Waals surface area contributed by atoms with Crippen molar-refractivity contribution in [3.05, 3.63) is 60.0 Å². The highest BCUT2D eigenvalue weighted by molar-refractivity contribution is 5.89. The van der Waals surface area contributed by atoms with Crippen LogP contribution in [0.5, 0.6) is 0 Å². The molecule has 34 heavy (non-hydrogen) atoms. The summed E-state index contributed by atoms with van der Waals surface area (Å²) < 4.78 is 12.9. The molecule has 0 unspecified atom stereocenters. The topological polar surface area (TPSA) is 133 Å². The summed E-state index contributed by atoms with van der Waals surface area (Å²) in [6, 6.07) is 12.5. The molecule has 1 aromatic carbocycles. The average molecular weight is 469 g/mol. The molecule has 0 saturated carbocycles. The zero-order chi connectivity index (χ0) is 24.9. The van der Waals surface area contributed by atoms with E-state index in [1.807, 2.05) is 30.3 Å². The van der Waals surface area contributed by atoms with Crippen molar-refractivity contribution >= 4 is 23.3 Å². The van der Waals surface area contributed by atoms with Crippen molar-refractivity contribution in [2.45, 2.75) is 58.4 Å². The number of nitrogens with zero attached hydrogens (tertiary/aromatic N) is 3. The number of alkyl carbamates (subject to hydrolysis) is 1. The summed E-state index contributed by atoms with van der Waals surface area (Å²) in [5.41, 5.74) is 6.09. The molecule has 0 fully saturated rings. The van der Waals surface area contributed by atoms with Crippen LogP contribution >= 0.6 is 0 Å². The lowest BCUT2D eigenvalue weighted by Gasteiger charge is -2.29. The molecule has 182 valence electrons. The lowest BCUT2D eigenvalue weighted by Crippen LogP contribution is -2.56. The largest absolute Gasteiger partial charge is 0.444 e. The number of hydrogen-bond donors (Lipinski definition) is 3. The fourth-order valence-corrected chi connectivity index (χ4v) is 3.17. The molecule has 4 N–H and O–H groups in total. The predicted octanol–water partition coefficient (Wildman–Crippen LogP) is 2.99. The molecule has 3 aromatic rings. The van der Waals surface area contributed by atoms with E-state index in [0.29, 0.717) is 23.8 Å². The first-order chi connectivity index (χ1) is 15.9. The first-order valence-electron chi connectivity index (χ1n) is 11.0. The number of rotatable bonds is 8. The molecule has 2 amide bonds. The van der Waals surface area contributed by atoms with Crippen LogP contribution in [-0.4, -0.2) is 44.3 Å². The molecule has 10 heteroatoms. The minimum Gasteiger partial charge on any atom is -0.444 e.